The molecule has 1 heterocycles. The number of morpholine rings is 1. The van der Waals surface area contributed by atoms with Crippen molar-refractivity contribution in [2.45, 2.75) is 19.1 Å². The van der Waals surface area contributed by atoms with Crippen molar-refractivity contribution in [3.8, 4) is 6.07 Å². The van der Waals surface area contributed by atoms with Crippen molar-refractivity contribution in [2.75, 3.05) is 33.3 Å². The predicted octanol–water partition coefficient (Wildman–Crippen LogP) is 1.54. The summed E-state index contributed by atoms with van der Waals surface area (Å²) in [6.45, 7) is 5.56. The lowest BCUT2D eigenvalue weighted by molar-refractivity contribution is -0.0611. The van der Waals surface area contributed by atoms with Gasteiger partial charge in [-0.25, -0.2) is 0 Å². The zero-order valence-electron chi connectivity index (χ0n) is 11.6. The predicted molar refractivity (Wildman–Crippen MR) is 74.8 cm³/mol. The molecule has 0 radical (unpaired) electrons. The van der Waals surface area contributed by atoms with E-state index in [1.165, 1.54) is 0 Å². The van der Waals surface area contributed by atoms with Crippen LogP contribution in [-0.2, 0) is 4.74 Å². The van der Waals surface area contributed by atoms with Crippen LogP contribution in [0, 0.1) is 11.3 Å². The molecule has 19 heavy (non-hydrogen) atoms. The van der Waals surface area contributed by atoms with Crippen molar-refractivity contribution >= 4 is 0 Å². The summed E-state index contributed by atoms with van der Waals surface area (Å²) in [5.74, 6) is 0. The lowest BCUT2D eigenvalue weighted by atomic mass is 9.97. The quantitative estimate of drug-likeness (QED) is 0.891. The van der Waals surface area contributed by atoms with E-state index in [0.717, 1.165) is 31.8 Å². The largest absolute Gasteiger partial charge is 0.374 e. The summed E-state index contributed by atoms with van der Waals surface area (Å²) in [6, 6.07) is 10.2. The Morgan fingerprint density at radius 1 is 1.53 bits per heavy atom. The molecule has 1 fully saturated rings. The molecule has 0 spiro atoms. The minimum absolute atomic E-state index is 0.132. The van der Waals surface area contributed by atoms with Gasteiger partial charge >= 0.3 is 0 Å². The molecule has 1 saturated heterocycles. The van der Waals surface area contributed by atoms with Crippen LogP contribution in [0.1, 0.15) is 24.1 Å². The molecule has 4 nitrogen and oxygen atoms in total. The molecule has 1 aliphatic heterocycles. The van der Waals surface area contributed by atoms with Crippen LogP contribution in [-0.4, -0.2) is 44.3 Å². The highest BCUT2D eigenvalue weighted by Gasteiger charge is 2.31. The minimum Gasteiger partial charge on any atom is -0.374 e. The maximum absolute atomic E-state index is 9.03. The second-order valence-corrected chi connectivity index (χ2v) is 4.88. The Morgan fingerprint density at radius 3 is 3.11 bits per heavy atom. The molecule has 0 saturated carbocycles. The van der Waals surface area contributed by atoms with Crippen molar-refractivity contribution in [3.05, 3.63) is 35.4 Å². The first-order valence-corrected chi connectivity index (χ1v) is 6.79. The number of ether oxygens (including phenoxy) is 1. The fourth-order valence-electron chi connectivity index (χ4n) is 2.58. The van der Waals surface area contributed by atoms with Gasteiger partial charge in [-0.05, 0) is 31.3 Å². The Hall–Kier alpha value is -1.41. The van der Waals surface area contributed by atoms with Crippen LogP contribution in [0.4, 0.5) is 0 Å². The van der Waals surface area contributed by atoms with Gasteiger partial charge in [0.2, 0.25) is 0 Å². The molecule has 0 bridgehead atoms. The van der Waals surface area contributed by atoms with E-state index in [0.29, 0.717) is 5.56 Å². The lowest BCUT2D eigenvalue weighted by Crippen LogP contribution is -2.47. The highest BCUT2D eigenvalue weighted by molar-refractivity contribution is 5.34. The van der Waals surface area contributed by atoms with Crippen molar-refractivity contribution in [3.63, 3.8) is 0 Å². The number of hydrogen-bond donors (Lipinski definition) is 1. The molecule has 4 heteroatoms. The SMILES string of the molecule is CCNCC1OCCN(C)C1c1cccc(C#N)c1. The van der Waals surface area contributed by atoms with E-state index in [4.69, 9.17) is 10.00 Å². The topological polar surface area (TPSA) is 48.3 Å². The van der Waals surface area contributed by atoms with Crippen LogP contribution in [0.3, 0.4) is 0 Å². The number of benzene rings is 1. The van der Waals surface area contributed by atoms with E-state index in [1.54, 1.807) is 0 Å². The van der Waals surface area contributed by atoms with Gasteiger partial charge in [-0.2, -0.15) is 5.26 Å². The van der Waals surface area contributed by atoms with Crippen LogP contribution in [0.2, 0.25) is 0 Å². The summed E-state index contributed by atoms with van der Waals surface area (Å²) in [5.41, 5.74) is 1.86. The van der Waals surface area contributed by atoms with E-state index in [9.17, 15) is 0 Å². The first kappa shape index (κ1) is 14.0. The number of hydrogen-bond acceptors (Lipinski definition) is 4. The standard InChI is InChI=1S/C15H21N3O/c1-3-17-11-14-15(18(2)7-8-19-14)13-6-4-5-12(9-13)10-16/h4-6,9,14-15,17H,3,7-8,11H2,1-2H3. The van der Waals surface area contributed by atoms with Crippen LogP contribution >= 0.6 is 0 Å². The highest BCUT2D eigenvalue weighted by atomic mass is 16.5. The number of nitrogens with one attached hydrogen (secondary N) is 1. The van der Waals surface area contributed by atoms with E-state index in [-0.39, 0.29) is 12.1 Å². The molecule has 2 rings (SSSR count). The van der Waals surface area contributed by atoms with Crippen LogP contribution in [0.15, 0.2) is 24.3 Å². The molecule has 0 amide bonds. The van der Waals surface area contributed by atoms with Gasteiger partial charge in [0.15, 0.2) is 0 Å². The molecule has 1 N–H and O–H groups in total. The number of nitriles is 1. The first-order chi connectivity index (χ1) is 9.26. The third-order valence-electron chi connectivity index (χ3n) is 3.56. The Morgan fingerprint density at radius 2 is 2.37 bits per heavy atom. The average molecular weight is 259 g/mol. The first-order valence-electron chi connectivity index (χ1n) is 6.79. The monoisotopic (exact) mass is 259 g/mol. The Balaban J connectivity index is 2.22. The Labute approximate surface area is 115 Å². The minimum atomic E-state index is 0.132. The smallest absolute Gasteiger partial charge is 0.0991 e. The lowest BCUT2D eigenvalue weighted by Gasteiger charge is -2.39. The molecular formula is C15H21N3O. The molecule has 1 aromatic rings. The summed E-state index contributed by atoms with van der Waals surface area (Å²) in [7, 11) is 2.12. The molecular weight excluding hydrogens is 238 g/mol. The van der Waals surface area contributed by atoms with Gasteiger partial charge in [-0.15, -0.1) is 0 Å². The second kappa shape index (κ2) is 6.67. The van der Waals surface area contributed by atoms with E-state index >= 15 is 0 Å². The average Bonchev–Trinajstić information content (AvgIpc) is 2.45. The summed E-state index contributed by atoms with van der Waals surface area (Å²) >= 11 is 0. The van der Waals surface area contributed by atoms with Crippen molar-refractivity contribution in [1.82, 2.24) is 10.2 Å². The highest BCUT2D eigenvalue weighted by Crippen LogP contribution is 2.28. The summed E-state index contributed by atoms with van der Waals surface area (Å²) < 4.78 is 5.90. The summed E-state index contributed by atoms with van der Waals surface area (Å²) in [5, 5.41) is 12.4. The van der Waals surface area contributed by atoms with Crippen LogP contribution < -0.4 is 5.32 Å². The fourth-order valence-corrected chi connectivity index (χ4v) is 2.58. The van der Waals surface area contributed by atoms with Gasteiger partial charge in [0.05, 0.1) is 30.4 Å². The summed E-state index contributed by atoms with van der Waals surface area (Å²) in [6.07, 6.45) is 0.132. The van der Waals surface area contributed by atoms with E-state index in [1.807, 2.05) is 18.2 Å². The zero-order chi connectivity index (χ0) is 13.7. The zero-order valence-corrected chi connectivity index (χ0v) is 11.6. The molecule has 0 aliphatic carbocycles. The van der Waals surface area contributed by atoms with Crippen molar-refractivity contribution in [2.24, 2.45) is 0 Å². The van der Waals surface area contributed by atoms with Crippen molar-refractivity contribution < 1.29 is 4.74 Å². The van der Waals surface area contributed by atoms with Crippen LogP contribution in [0.25, 0.3) is 0 Å². The van der Waals surface area contributed by atoms with Gasteiger partial charge in [0.1, 0.15) is 0 Å². The Bertz CT molecular complexity index is 455. The molecule has 1 aromatic carbocycles. The fraction of sp³-hybridized carbons (Fsp3) is 0.533. The number of rotatable bonds is 4. The normalized spacial score (nSPS) is 24.1. The maximum Gasteiger partial charge on any atom is 0.0991 e. The van der Waals surface area contributed by atoms with Gasteiger partial charge in [-0.1, -0.05) is 19.1 Å². The summed E-state index contributed by atoms with van der Waals surface area (Å²) in [4.78, 5) is 2.31. The second-order valence-electron chi connectivity index (χ2n) is 4.88. The van der Waals surface area contributed by atoms with E-state index in [2.05, 4.69) is 36.3 Å². The number of nitrogens with zero attached hydrogens (tertiary/aromatic N) is 2. The van der Waals surface area contributed by atoms with Crippen LogP contribution in [0.5, 0.6) is 0 Å². The Kier molecular flexibility index (Phi) is 4.92. The van der Waals surface area contributed by atoms with Gasteiger partial charge in [-0.3, -0.25) is 4.90 Å². The molecule has 2 unspecified atom stereocenters. The van der Waals surface area contributed by atoms with Gasteiger partial charge in [0.25, 0.3) is 0 Å². The maximum atomic E-state index is 9.03. The molecule has 2 atom stereocenters. The molecule has 0 aromatic heterocycles. The molecule has 102 valence electrons. The van der Waals surface area contributed by atoms with Crippen molar-refractivity contribution in [1.29, 1.82) is 5.26 Å². The molecule has 1 aliphatic rings. The third kappa shape index (κ3) is 3.32. The number of likely N-dealkylation sites (N-methyl/N-ethyl adjacent to an activating group) is 2. The third-order valence-corrected chi connectivity index (χ3v) is 3.56. The van der Waals surface area contributed by atoms with Gasteiger partial charge in [0, 0.05) is 13.1 Å². The van der Waals surface area contributed by atoms with Gasteiger partial charge < -0.3 is 10.1 Å². The van der Waals surface area contributed by atoms with E-state index < -0.39 is 0 Å².